The molecule has 1 unspecified atom stereocenters. The number of allylic oxidation sites excluding steroid dienone is 2. The van der Waals surface area contributed by atoms with E-state index in [1.807, 2.05) is 69.1 Å². The smallest absolute Gasteiger partial charge is 0.668 e. The molecule has 1 atom stereocenters. The Balaban J connectivity index is 0.00000210. The van der Waals surface area contributed by atoms with Crippen molar-refractivity contribution < 1.29 is 40.7 Å². The number of pyridine rings is 1. The van der Waals surface area contributed by atoms with Crippen LogP contribution in [0.1, 0.15) is 31.5 Å². The summed E-state index contributed by atoms with van der Waals surface area (Å²) >= 11 is 4.70. The maximum atomic E-state index is 12.6. The van der Waals surface area contributed by atoms with E-state index in [9.17, 15) is 9.59 Å². The average Bonchev–Trinajstić information content (AvgIpc) is 3.75. The van der Waals surface area contributed by atoms with E-state index in [0.717, 1.165) is 33.2 Å². The molecule has 3 rings (SSSR count). The number of hydrogen-bond donors (Lipinski definition) is 3. The van der Waals surface area contributed by atoms with Gasteiger partial charge >= 0.3 is 31.1 Å². The summed E-state index contributed by atoms with van der Waals surface area (Å²) in [6.45, 7) is 9.49. The Bertz CT molecular complexity index is 1220. The van der Waals surface area contributed by atoms with Gasteiger partial charge in [-0.3, -0.25) is 14.6 Å². The predicted octanol–water partition coefficient (Wildman–Crippen LogP) is 6.35. The van der Waals surface area contributed by atoms with Crippen molar-refractivity contribution in [1.29, 1.82) is 0 Å². The number of benzene rings is 1. The summed E-state index contributed by atoms with van der Waals surface area (Å²) in [6.07, 6.45) is 13.1. The van der Waals surface area contributed by atoms with Crippen molar-refractivity contribution in [2.75, 3.05) is 37.9 Å². The van der Waals surface area contributed by atoms with E-state index in [1.165, 1.54) is 17.3 Å². The molecular weight excluding hydrogens is 760 g/mol. The van der Waals surface area contributed by atoms with Gasteiger partial charge in [0.1, 0.15) is 0 Å². The van der Waals surface area contributed by atoms with E-state index in [0.29, 0.717) is 25.1 Å². The van der Waals surface area contributed by atoms with Gasteiger partial charge < -0.3 is 31.5 Å². The van der Waals surface area contributed by atoms with E-state index in [2.05, 4.69) is 27.5 Å². The molecule has 3 N–H and O–H groups in total. The number of rotatable bonds is 11. The Morgan fingerprint density at radius 1 is 1.27 bits per heavy atom. The van der Waals surface area contributed by atoms with E-state index in [1.54, 1.807) is 32.6 Å². The predicted molar refractivity (Wildman–Crippen MR) is 171 cm³/mol. The number of carbonyl (C=O) groups excluding carboxylic acids is 2. The maximum absolute atomic E-state index is 12.6. The second kappa shape index (κ2) is 20.8. The SMILES string of the molecule is C=CC.C[N-]C.Cc1cc(NC(=O)C(C)CCN(C=O)/C=C/N)ccc1N(C)c1ccnc(/C=C/C2=C[N-]2)c1S.[U+2]. The molecular formula is C30H41N7O2SU. The fourth-order valence-electron chi connectivity index (χ4n) is 3.39. The summed E-state index contributed by atoms with van der Waals surface area (Å²) < 4.78 is 0. The Morgan fingerprint density at radius 3 is 2.44 bits per heavy atom. The standard InChI is InChI=1S/C25H30N6O2S.C3H6.C2H6N.U/c1-17(9-12-31(16-32)13-10-26)25(33)29-19-5-7-22(18(2)14-19)30(3)23-8-11-27-21(24(23)34)6-4-20-15-28-20;2*1-3-2;/h4-8,10-11,13-17H,9,12,26H2,1-3H3,(H3,27,28,29,33,34);3H,1H2,2H3;1-2H3;/q;;-1;+2/p-1/b13-10+;;;. The molecule has 1 aromatic heterocycles. The normalized spacial score (nSPS) is 11.8. The molecule has 0 radical (unpaired) electrons. The third kappa shape index (κ3) is 13.5. The van der Waals surface area contributed by atoms with Crippen LogP contribution in [0.3, 0.4) is 0 Å². The maximum Gasteiger partial charge on any atom is 2.00 e. The van der Waals surface area contributed by atoms with Crippen LogP contribution in [-0.2, 0) is 9.59 Å². The van der Waals surface area contributed by atoms with Crippen molar-refractivity contribution in [2.45, 2.75) is 32.1 Å². The first-order valence-corrected chi connectivity index (χ1v) is 13.2. The molecule has 0 bridgehead atoms. The molecule has 41 heavy (non-hydrogen) atoms. The minimum absolute atomic E-state index is 0. The van der Waals surface area contributed by atoms with Gasteiger partial charge in [-0.15, -0.1) is 19.2 Å². The number of nitrogens with zero attached hydrogens (tertiary/aromatic N) is 5. The third-order valence-corrected chi connectivity index (χ3v) is 5.95. The minimum Gasteiger partial charge on any atom is -0.668 e. The van der Waals surface area contributed by atoms with Gasteiger partial charge in [0.2, 0.25) is 12.3 Å². The topological polar surface area (TPSA) is 120 Å². The third-order valence-electron chi connectivity index (χ3n) is 5.49. The van der Waals surface area contributed by atoms with Gasteiger partial charge in [-0.2, -0.15) is 26.0 Å². The van der Waals surface area contributed by atoms with Crippen LogP contribution in [0.25, 0.3) is 16.7 Å². The number of thiol groups is 1. The molecule has 1 aliphatic rings. The van der Waals surface area contributed by atoms with Crippen molar-refractivity contribution in [2.24, 2.45) is 11.7 Å². The zero-order valence-corrected chi connectivity index (χ0v) is 29.8. The molecule has 1 aromatic carbocycles. The molecule has 2 amide bonds. The zero-order chi connectivity index (χ0) is 30.1. The van der Waals surface area contributed by atoms with Gasteiger partial charge in [-0.05, 0) is 56.2 Å². The fourth-order valence-corrected chi connectivity index (χ4v) is 3.75. The number of aryl methyl sites for hydroxylation is 1. The van der Waals surface area contributed by atoms with Gasteiger partial charge in [0.25, 0.3) is 0 Å². The van der Waals surface area contributed by atoms with E-state index >= 15 is 0 Å². The number of hydrogen-bond acceptors (Lipinski definition) is 6. The van der Waals surface area contributed by atoms with Crippen molar-refractivity contribution in [3.8, 4) is 0 Å². The van der Waals surface area contributed by atoms with Crippen LogP contribution < -0.4 is 16.0 Å². The minimum atomic E-state index is -0.273. The molecule has 218 valence electrons. The van der Waals surface area contributed by atoms with Gasteiger partial charge in [0, 0.05) is 49.5 Å². The number of nitrogens with two attached hydrogens (primary N) is 1. The van der Waals surface area contributed by atoms with Crippen molar-refractivity contribution in [3.63, 3.8) is 0 Å². The Hall–Kier alpha value is -2.97. The van der Waals surface area contributed by atoms with Crippen LogP contribution in [0.2, 0.25) is 0 Å². The summed E-state index contributed by atoms with van der Waals surface area (Å²) in [5, 5.41) is 10.5. The molecule has 0 saturated carbocycles. The quantitative estimate of drug-likeness (QED) is 0.139. The molecule has 0 saturated heterocycles. The Kier molecular flexibility index (Phi) is 19.3. The summed E-state index contributed by atoms with van der Waals surface area (Å²) in [6, 6.07) is 7.69. The second-order valence-electron chi connectivity index (χ2n) is 8.86. The first kappa shape index (κ1) is 38.0. The van der Waals surface area contributed by atoms with Crippen molar-refractivity contribution >= 4 is 48.1 Å². The molecule has 0 fully saturated rings. The molecule has 2 heterocycles. The summed E-state index contributed by atoms with van der Waals surface area (Å²) in [7, 11) is 5.47. The summed E-state index contributed by atoms with van der Waals surface area (Å²) in [5.74, 6) is -0.380. The fraction of sp³-hybridized carbons (Fsp3) is 0.300. The van der Waals surface area contributed by atoms with Crippen LogP contribution >= 0.6 is 12.6 Å². The average molecular weight is 802 g/mol. The summed E-state index contributed by atoms with van der Waals surface area (Å²) in [5.41, 5.74) is 10.6. The number of aromatic nitrogens is 1. The molecule has 0 spiro atoms. The van der Waals surface area contributed by atoms with Gasteiger partial charge in [0.05, 0.1) is 16.3 Å². The molecule has 0 aliphatic carbocycles. The first-order valence-electron chi connectivity index (χ1n) is 12.7. The molecule has 1 aliphatic heterocycles. The Morgan fingerprint density at radius 2 is 1.90 bits per heavy atom. The van der Waals surface area contributed by atoms with Crippen LogP contribution in [0.4, 0.5) is 17.1 Å². The van der Waals surface area contributed by atoms with Crippen LogP contribution in [0, 0.1) is 44.0 Å². The van der Waals surface area contributed by atoms with Crippen molar-refractivity contribution in [1.82, 2.24) is 9.88 Å². The van der Waals surface area contributed by atoms with E-state index in [-0.39, 0.29) is 42.9 Å². The number of carbonyl (C=O) groups is 2. The molecule has 2 aromatic rings. The first-order chi connectivity index (χ1) is 19.2. The van der Waals surface area contributed by atoms with Gasteiger partial charge in [0.15, 0.2) is 0 Å². The van der Waals surface area contributed by atoms with Crippen LogP contribution in [-0.4, -0.2) is 49.9 Å². The monoisotopic (exact) mass is 801 g/mol. The number of nitrogens with one attached hydrogen (secondary N) is 1. The number of anilines is 3. The largest absolute Gasteiger partial charge is 2.00 e. The van der Waals surface area contributed by atoms with Crippen LogP contribution in [0.5, 0.6) is 0 Å². The molecule has 9 nitrogen and oxygen atoms in total. The molecule has 11 heteroatoms. The van der Waals surface area contributed by atoms with Gasteiger partial charge in [-0.25, -0.2) is 0 Å². The Labute approximate surface area is 274 Å². The van der Waals surface area contributed by atoms with E-state index < -0.39 is 0 Å². The number of amides is 2. The van der Waals surface area contributed by atoms with Crippen LogP contribution in [0.15, 0.2) is 78.4 Å². The van der Waals surface area contributed by atoms with E-state index in [4.69, 9.17) is 18.4 Å². The second-order valence-corrected chi connectivity index (χ2v) is 9.31. The van der Waals surface area contributed by atoms with Crippen molar-refractivity contribution in [3.05, 3.63) is 95.4 Å². The summed E-state index contributed by atoms with van der Waals surface area (Å²) in [4.78, 5) is 32.2. The zero-order valence-electron chi connectivity index (χ0n) is 24.7. The van der Waals surface area contributed by atoms with Gasteiger partial charge in [-0.1, -0.05) is 19.1 Å².